The molecule has 2 aromatic rings. The van der Waals surface area contributed by atoms with Crippen LogP contribution in [0.1, 0.15) is 50.3 Å². The van der Waals surface area contributed by atoms with Crippen LogP contribution in [-0.4, -0.2) is 41.7 Å². The Morgan fingerprint density at radius 2 is 1.84 bits per heavy atom. The molecule has 1 N–H and O–H groups in total. The molecule has 0 bridgehead atoms. The molecular formula is C26H36N2O3S. The topological polar surface area (TPSA) is 58.6 Å². The summed E-state index contributed by atoms with van der Waals surface area (Å²) in [6, 6.07) is 15.4. The van der Waals surface area contributed by atoms with E-state index >= 15 is 0 Å². The summed E-state index contributed by atoms with van der Waals surface area (Å²) in [7, 11) is 1.62. The van der Waals surface area contributed by atoms with Crippen LogP contribution in [-0.2, 0) is 21.9 Å². The van der Waals surface area contributed by atoms with Gasteiger partial charge in [-0.1, -0.05) is 50.2 Å². The molecule has 0 saturated heterocycles. The van der Waals surface area contributed by atoms with Crippen molar-refractivity contribution in [3.63, 3.8) is 0 Å². The summed E-state index contributed by atoms with van der Waals surface area (Å²) in [6.07, 6.45) is 1.40. The molecule has 174 valence electrons. The summed E-state index contributed by atoms with van der Waals surface area (Å²) < 4.78 is 5.34. The maximum atomic E-state index is 13.3. The number of methoxy groups -OCH3 is 1. The van der Waals surface area contributed by atoms with Crippen molar-refractivity contribution < 1.29 is 14.3 Å². The molecule has 0 aliphatic rings. The third-order valence-corrected chi connectivity index (χ3v) is 6.58. The van der Waals surface area contributed by atoms with E-state index < -0.39 is 6.04 Å². The van der Waals surface area contributed by atoms with E-state index in [0.717, 1.165) is 23.5 Å². The Labute approximate surface area is 196 Å². The van der Waals surface area contributed by atoms with Crippen LogP contribution in [0.3, 0.4) is 0 Å². The number of carbonyl (C=O) groups is 2. The number of ether oxygens (including phenoxy) is 1. The number of nitrogens with zero attached hydrogens (tertiary/aromatic N) is 1. The molecular weight excluding hydrogens is 420 g/mol. The van der Waals surface area contributed by atoms with E-state index in [1.54, 1.807) is 23.8 Å². The standard InChI is InChI=1S/C26H36N2O3S/c1-6-20(4)27-26(30)24(7-2)28(16-21-12-10-14-23(15-21)31-5)25(29)18-32-17-22-13-9-8-11-19(22)3/h8-15,20,24H,6-7,16-18H2,1-5H3,(H,27,30)/t20-,24+/m1/s1. The van der Waals surface area contributed by atoms with Crippen molar-refractivity contribution in [1.82, 2.24) is 10.2 Å². The molecule has 32 heavy (non-hydrogen) atoms. The normalized spacial score (nSPS) is 12.7. The van der Waals surface area contributed by atoms with Gasteiger partial charge in [0.05, 0.1) is 12.9 Å². The van der Waals surface area contributed by atoms with Crippen LogP contribution >= 0.6 is 11.8 Å². The zero-order chi connectivity index (χ0) is 23.5. The van der Waals surface area contributed by atoms with Crippen molar-refractivity contribution >= 4 is 23.6 Å². The minimum Gasteiger partial charge on any atom is -0.497 e. The second-order valence-electron chi connectivity index (χ2n) is 8.03. The fraction of sp³-hybridized carbons (Fsp3) is 0.462. The maximum Gasteiger partial charge on any atom is 0.243 e. The van der Waals surface area contributed by atoms with Crippen molar-refractivity contribution in [2.45, 2.75) is 64.9 Å². The molecule has 2 atom stereocenters. The number of amides is 2. The van der Waals surface area contributed by atoms with Gasteiger partial charge in [0, 0.05) is 18.3 Å². The van der Waals surface area contributed by atoms with Gasteiger partial charge in [0.25, 0.3) is 0 Å². The van der Waals surface area contributed by atoms with E-state index in [1.165, 1.54) is 11.1 Å². The van der Waals surface area contributed by atoms with Crippen molar-refractivity contribution in [3.8, 4) is 5.75 Å². The van der Waals surface area contributed by atoms with E-state index in [4.69, 9.17) is 4.74 Å². The first-order chi connectivity index (χ1) is 15.4. The van der Waals surface area contributed by atoms with Gasteiger partial charge in [0.1, 0.15) is 11.8 Å². The molecule has 0 saturated carbocycles. The van der Waals surface area contributed by atoms with E-state index in [1.807, 2.05) is 57.2 Å². The zero-order valence-corrected chi connectivity index (χ0v) is 20.7. The van der Waals surface area contributed by atoms with E-state index in [-0.39, 0.29) is 17.9 Å². The monoisotopic (exact) mass is 456 g/mol. The predicted molar refractivity (Wildman–Crippen MR) is 133 cm³/mol. The summed E-state index contributed by atoms with van der Waals surface area (Å²) >= 11 is 1.59. The quantitative estimate of drug-likeness (QED) is 0.490. The van der Waals surface area contributed by atoms with E-state index in [9.17, 15) is 9.59 Å². The lowest BCUT2D eigenvalue weighted by molar-refractivity contribution is -0.139. The molecule has 2 aromatic carbocycles. The SMILES string of the molecule is CC[C@@H](C)NC(=O)[C@H](CC)N(Cc1cccc(OC)c1)C(=O)CSCc1ccccc1C. The molecule has 0 heterocycles. The van der Waals surface area contributed by atoms with Gasteiger partial charge < -0.3 is 15.0 Å². The molecule has 0 fully saturated rings. The maximum absolute atomic E-state index is 13.3. The lowest BCUT2D eigenvalue weighted by Gasteiger charge is -2.31. The highest BCUT2D eigenvalue weighted by molar-refractivity contribution is 7.99. The smallest absolute Gasteiger partial charge is 0.243 e. The number of carbonyl (C=O) groups excluding carboxylic acids is 2. The predicted octanol–water partition coefficient (Wildman–Crippen LogP) is 4.96. The van der Waals surface area contributed by atoms with Gasteiger partial charge in [-0.25, -0.2) is 0 Å². The average molecular weight is 457 g/mol. The molecule has 0 aliphatic heterocycles. The lowest BCUT2D eigenvalue weighted by Crippen LogP contribution is -2.51. The average Bonchev–Trinajstić information content (AvgIpc) is 2.80. The van der Waals surface area contributed by atoms with Crippen LogP contribution in [0.2, 0.25) is 0 Å². The Morgan fingerprint density at radius 3 is 2.50 bits per heavy atom. The first kappa shape index (κ1) is 25.8. The fourth-order valence-electron chi connectivity index (χ4n) is 3.43. The fourth-order valence-corrected chi connectivity index (χ4v) is 4.42. The van der Waals surface area contributed by atoms with E-state index in [2.05, 4.69) is 24.4 Å². The molecule has 5 nitrogen and oxygen atoms in total. The summed E-state index contributed by atoms with van der Waals surface area (Å²) in [5.41, 5.74) is 3.39. The van der Waals surface area contributed by atoms with Crippen LogP contribution in [0.25, 0.3) is 0 Å². The third-order valence-electron chi connectivity index (χ3n) is 5.62. The van der Waals surface area contributed by atoms with Gasteiger partial charge >= 0.3 is 0 Å². The molecule has 0 unspecified atom stereocenters. The first-order valence-corrected chi connectivity index (χ1v) is 12.4. The molecule has 2 rings (SSSR count). The van der Waals surface area contributed by atoms with Crippen LogP contribution in [0, 0.1) is 6.92 Å². The van der Waals surface area contributed by atoms with Crippen molar-refractivity contribution in [1.29, 1.82) is 0 Å². The highest BCUT2D eigenvalue weighted by Crippen LogP contribution is 2.20. The summed E-state index contributed by atoms with van der Waals surface area (Å²) in [5.74, 6) is 1.70. The van der Waals surface area contributed by atoms with Crippen molar-refractivity contribution in [2.24, 2.45) is 0 Å². The Kier molecular flexibility index (Phi) is 10.6. The Balaban J connectivity index is 2.17. The number of rotatable bonds is 12. The summed E-state index contributed by atoms with van der Waals surface area (Å²) in [6.45, 7) is 8.42. The van der Waals surface area contributed by atoms with Crippen LogP contribution in [0.4, 0.5) is 0 Å². The number of thioether (sulfide) groups is 1. The van der Waals surface area contributed by atoms with Crippen LogP contribution in [0.5, 0.6) is 5.75 Å². The minimum atomic E-state index is -0.512. The van der Waals surface area contributed by atoms with Crippen molar-refractivity contribution in [2.75, 3.05) is 12.9 Å². The highest BCUT2D eigenvalue weighted by atomic mass is 32.2. The molecule has 2 amide bonds. The number of aryl methyl sites for hydroxylation is 1. The van der Waals surface area contributed by atoms with E-state index in [0.29, 0.717) is 18.7 Å². The molecule has 0 spiro atoms. The summed E-state index contributed by atoms with van der Waals surface area (Å²) in [5, 5.41) is 3.05. The number of hydrogen-bond acceptors (Lipinski definition) is 4. The summed E-state index contributed by atoms with van der Waals surface area (Å²) in [4.78, 5) is 28.1. The Bertz CT molecular complexity index is 887. The molecule has 0 radical (unpaired) electrons. The molecule has 0 aliphatic carbocycles. The number of nitrogens with one attached hydrogen (secondary N) is 1. The largest absolute Gasteiger partial charge is 0.497 e. The molecule has 0 aromatic heterocycles. The van der Waals surface area contributed by atoms with Gasteiger partial charge in [0.2, 0.25) is 11.8 Å². The molecule has 6 heteroatoms. The second kappa shape index (κ2) is 13.2. The van der Waals surface area contributed by atoms with Crippen LogP contribution < -0.4 is 10.1 Å². The number of benzene rings is 2. The second-order valence-corrected chi connectivity index (χ2v) is 9.02. The Morgan fingerprint density at radius 1 is 1.09 bits per heavy atom. The minimum absolute atomic E-state index is 0.0300. The van der Waals surface area contributed by atoms with Crippen molar-refractivity contribution in [3.05, 3.63) is 65.2 Å². The Hall–Kier alpha value is -2.47. The zero-order valence-electron chi connectivity index (χ0n) is 19.9. The van der Waals surface area contributed by atoms with Gasteiger partial charge in [-0.15, -0.1) is 11.8 Å². The number of hydrogen-bond donors (Lipinski definition) is 1. The highest BCUT2D eigenvalue weighted by Gasteiger charge is 2.29. The first-order valence-electron chi connectivity index (χ1n) is 11.2. The van der Waals surface area contributed by atoms with Gasteiger partial charge in [-0.05, 0) is 55.5 Å². The third kappa shape index (κ3) is 7.59. The van der Waals surface area contributed by atoms with Crippen LogP contribution in [0.15, 0.2) is 48.5 Å². The van der Waals surface area contributed by atoms with Gasteiger partial charge in [-0.2, -0.15) is 0 Å². The lowest BCUT2D eigenvalue weighted by atomic mass is 10.1. The van der Waals surface area contributed by atoms with Gasteiger partial charge in [0.15, 0.2) is 0 Å². The van der Waals surface area contributed by atoms with Gasteiger partial charge in [-0.3, -0.25) is 9.59 Å².